The van der Waals surface area contributed by atoms with Gasteiger partial charge < -0.3 is 10.4 Å². The third-order valence-electron chi connectivity index (χ3n) is 3.77. The summed E-state index contributed by atoms with van der Waals surface area (Å²) in [6.45, 7) is 1.98. The minimum absolute atomic E-state index is 0.000834. The minimum Gasteiger partial charge on any atom is -0.478 e. The highest BCUT2D eigenvalue weighted by molar-refractivity contribution is 6.31. The molecule has 0 aliphatic rings. The summed E-state index contributed by atoms with van der Waals surface area (Å²) >= 11 is 6.04. The molecule has 0 bridgehead atoms. The van der Waals surface area contributed by atoms with Crippen molar-refractivity contribution in [2.24, 2.45) is 0 Å². The maximum atomic E-state index is 13.1. The quantitative estimate of drug-likeness (QED) is 0.672. The smallest absolute Gasteiger partial charge is 0.338 e. The van der Waals surface area contributed by atoms with Gasteiger partial charge in [-0.05, 0) is 24.6 Å². The Labute approximate surface area is 158 Å². The van der Waals surface area contributed by atoms with Gasteiger partial charge in [0.15, 0.2) is 5.82 Å². The molecule has 140 valence electrons. The molecule has 8 nitrogen and oxygen atoms in total. The number of hydrogen-bond acceptors (Lipinski definition) is 4. The number of hydrogen-bond donors (Lipinski definition) is 2. The molecule has 0 unspecified atom stereocenters. The van der Waals surface area contributed by atoms with E-state index in [0.29, 0.717) is 22.9 Å². The highest BCUT2D eigenvalue weighted by Crippen LogP contribution is 2.19. The molecule has 0 fully saturated rings. The monoisotopic (exact) mass is 391 g/mol. The van der Waals surface area contributed by atoms with Gasteiger partial charge in [-0.1, -0.05) is 17.7 Å². The first kappa shape index (κ1) is 18.6. The van der Waals surface area contributed by atoms with Gasteiger partial charge in [0.1, 0.15) is 12.4 Å². The number of rotatable bonds is 6. The first-order valence-corrected chi connectivity index (χ1v) is 8.23. The van der Waals surface area contributed by atoms with Crippen LogP contribution in [0.15, 0.2) is 36.7 Å². The highest BCUT2D eigenvalue weighted by atomic mass is 35.5. The molecular weight excluding hydrogens is 377 g/mol. The second-order valence-corrected chi connectivity index (χ2v) is 6.25. The number of nitrogens with zero attached hydrogens (tertiary/aromatic N) is 4. The van der Waals surface area contributed by atoms with Gasteiger partial charge in [-0.3, -0.25) is 14.2 Å². The summed E-state index contributed by atoms with van der Waals surface area (Å²) in [6.07, 6.45) is 2.43. The third-order valence-corrected chi connectivity index (χ3v) is 4.12. The summed E-state index contributed by atoms with van der Waals surface area (Å²) in [5.74, 6) is -1.60. The Morgan fingerprint density at radius 2 is 2.11 bits per heavy atom. The Bertz CT molecular complexity index is 1010. The van der Waals surface area contributed by atoms with Crippen molar-refractivity contribution in [3.63, 3.8) is 0 Å². The maximum absolute atomic E-state index is 13.1. The van der Waals surface area contributed by atoms with Crippen LogP contribution in [0.1, 0.15) is 21.6 Å². The molecule has 0 spiro atoms. The van der Waals surface area contributed by atoms with Gasteiger partial charge in [0.2, 0.25) is 5.91 Å². The summed E-state index contributed by atoms with van der Waals surface area (Å²) in [6, 6.07) is 5.81. The second-order valence-electron chi connectivity index (χ2n) is 5.84. The van der Waals surface area contributed by atoms with Crippen LogP contribution in [0.25, 0.3) is 0 Å². The largest absolute Gasteiger partial charge is 0.478 e. The summed E-state index contributed by atoms with van der Waals surface area (Å²) in [4.78, 5) is 22.9. The molecule has 2 heterocycles. The Balaban J connectivity index is 1.66. The number of nitrogens with one attached hydrogen (secondary N) is 1. The van der Waals surface area contributed by atoms with Crippen LogP contribution in [0.4, 0.5) is 10.2 Å². The van der Waals surface area contributed by atoms with Crippen LogP contribution >= 0.6 is 11.6 Å². The van der Waals surface area contributed by atoms with E-state index in [2.05, 4.69) is 15.5 Å². The number of benzene rings is 1. The Kier molecular flexibility index (Phi) is 5.22. The zero-order valence-electron chi connectivity index (χ0n) is 14.2. The lowest BCUT2D eigenvalue weighted by Crippen LogP contribution is -2.19. The average Bonchev–Trinajstić information content (AvgIpc) is 3.17. The van der Waals surface area contributed by atoms with Crippen molar-refractivity contribution in [3.05, 3.63) is 64.3 Å². The molecule has 3 aromatic rings. The van der Waals surface area contributed by atoms with E-state index in [-0.39, 0.29) is 12.1 Å². The molecule has 10 heteroatoms. The van der Waals surface area contributed by atoms with Crippen molar-refractivity contribution < 1.29 is 19.1 Å². The fourth-order valence-corrected chi connectivity index (χ4v) is 2.66. The third kappa shape index (κ3) is 4.50. The number of anilines is 1. The molecule has 1 aromatic carbocycles. The topological polar surface area (TPSA) is 102 Å². The van der Waals surface area contributed by atoms with Crippen molar-refractivity contribution in [1.82, 2.24) is 19.6 Å². The number of aromatic nitrogens is 4. The van der Waals surface area contributed by atoms with Crippen molar-refractivity contribution in [2.75, 3.05) is 5.32 Å². The number of aryl methyl sites for hydroxylation is 1. The highest BCUT2D eigenvalue weighted by Gasteiger charge is 2.12. The van der Waals surface area contributed by atoms with Crippen LogP contribution in [0, 0.1) is 12.7 Å². The average molecular weight is 392 g/mol. The number of carbonyl (C=O) groups is 2. The van der Waals surface area contributed by atoms with E-state index in [0.717, 1.165) is 5.69 Å². The van der Waals surface area contributed by atoms with E-state index in [9.17, 15) is 14.0 Å². The van der Waals surface area contributed by atoms with Crippen molar-refractivity contribution in [2.45, 2.75) is 20.0 Å². The number of amides is 1. The Morgan fingerprint density at radius 1 is 1.33 bits per heavy atom. The van der Waals surface area contributed by atoms with Crippen molar-refractivity contribution >= 4 is 29.3 Å². The van der Waals surface area contributed by atoms with E-state index in [1.165, 1.54) is 29.2 Å². The van der Waals surface area contributed by atoms with Gasteiger partial charge in [0, 0.05) is 23.0 Å². The molecular formula is C17H15ClFN5O3. The molecule has 0 aliphatic carbocycles. The summed E-state index contributed by atoms with van der Waals surface area (Å²) < 4.78 is 16.0. The molecule has 0 saturated heterocycles. The Hall–Kier alpha value is -3.20. The van der Waals surface area contributed by atoms with Crippen molar-refractivity contribution in [3.8, 4) is 0 Å². The van der Waals surface area contributed by atoms with E-state index in [1.54, 1.807) is 16.8 Å². The van der Waals surface area contributed by atoms with Gasteiger partial charge in [-0.2, -0.15) is 10.2 Å². The summed E-state index contributed by atoms with van der Waals surface area (Å²) in [5, 5.41) is 19.9. The second kappa shape index (κ2) is 7.58. The van der Waals surface area contributed by atoms with Crippen LogP contribution < -0.4 is 5.32 Å². The number of carbonyl (C=O) groups excluding carboxylic acids is 1. The molecule has 1 amide bonds. The predicted molar refractivity (Wildman–Crippen MR) is 95.3 cm³/mol. The summed E-state index contributed by atoms with van der Waals surface area (Å²) in [5.41, 5.74) is 1.47. The zero-order valence-corrected chi connectivity index (χ0v) is 14.9. The summed E-state index contributed by atoms with van der Waals surface area (Å²) in [7, 11) is 0. The van der Waals surface area contributed by atoms with E-state index in [4.69, 9.17) is 16.7 Å². The first-order valence-electron chi connectivity index (χ1n) is 7.86. The number of carboxylic acids is 1. The molecule has 2 aromatic heterocycles. The van der Waals surface area contributed by atoms with Crippen molar-refractivity contribution in [1.29, 1.82) is 0 Å². The van der Waals surface area contributed by atoms with Gasteiger partial charge in [-0.25, -0.2) is 9.18 Å². The van der Waals surface area contributed by atoms with Gasteiger partial charge in [0.25, 0.3) is 0 Å². The van der Waals surface area contributed by atoms with Crippen LogP contribution in [0.5, 0.6) is 0 Å². The minimum atomic E-state index is -1.12. The number of aromatic carboxylic acids is 1. The van der Waals surface area contributed by atoms with Crippen LogP contribution in [-0.4, -0.2) is 36.5 Å². The van der Waals surface area contributed by atoms with Crippen LogP contribution in [-0.2, 0) is 17.9 Å². The van der Waals surface area contributed by atoms with E-state index < -0.39 is 17.7 Å². The zero-order chi connectivity index (χ0) is 19.6. The first-order chi connectivity index (χ1) is 12.8. The lowest BCUT2D eigenvalue weighted by molar-refractivity contribution is -0.116. The van der Waals surface area contributed by atoms with Crippen LogP contribution in [0.3, 0.4) is 0 Å². The lowest BCUT2D eigenvalue weighted by atomic mass is 10.2. The predicted octanol–water partition coefficient (Wildman–Crippen LogP) is 2.57. The standard InChI is InChI=1S/C17H15ClFN5O3/c1-10-4-15(21-16(25)9-23-7-12(6-20-23)17(26)27)22-24(10)8-11-2-3-13(19)5-14(11)18/h2-7H,8-9H2,1H3,(H,26,27)(H,21,22,25). The fraction of sp³-hybridized carbons (Fsp3) is 0.176. The maximum Gasteiger partial charge on any atom is 0.338 e. The molecule has 0 atom stereocenters. The van der Waals surface area contributed by atoms with Gasteiger partial charge in [0.05, 0.1) is 18.3 Å². The van der Waals surface area contributed by atoms with Gasteiger partial charge >= 0.3 is 5.97 Å². The number of carboxylic acid groups (broad SMARTS) is 1. The lowest BCUT2D eigenvalue weighted by Gasteiger charge is -2.07. The van der Waals surface area contributed by atoms with E-state index >= 15 is 0 Å². The normalized spacial score (nSPS) is 10.8. The number of halogens is 2. The van der Waals surface area contributed by atoms with Gasteiger partial charge in [-0.15, -0.1) is 0 Å². The molecule has 27 heavy (non-hydrogen) atoms. The molecule has 3 rings (SSSR count). The molecule has 2 N–H and O–H groups in total. The molecule has 0 saturated carbocycles. The Morgan fingerprint density at radius 3 is 2.78 bits per heavy atom. The fourth-order valence-electron chi connectivity index (χ4n) is 2.43. The SMILES string of the molecule is Cc1cc(NC(=O)Cn2cc(C(=O)O)cn2)nn1Cc1ccc(F)cc1Cl. The molecule has 0 aliphatic heterocycles. The molecule has 0 radical (unpaired) electrons. The van der Waals surface area contributed by atoms with Crippen LogP contribution in [0.2, 0.25) is 5.02 Å². The van der Waals surface area contributed by atoms with E-state index in [1.807, 2.05) is 6.92 Å².